The first kappa shape index (κ1) is 19.9. The molecule has 1 unspecified atom stereocenters. The Balaban J connectivity index is 1.50. The number of aliphatic hydroxyl groups excluding tert-OH is 1. The Bertz CT molecular complexity index is 945. The largest absolute Gasteiger partial charge is 0.387 e. The van der Waals surface area contributed by atoms with Crippen molar-refractivity contribution < 1.29 is 14.7 Å². The highest BCUT2D eigenvalue weighted by Crippen LogP contribution is 2.22. The first-order chi connectivity index (χ1) is 13.5. The van der Waals surface area contributed by atoms with Crippen molar-refractivity contribution in [3.05, 3.63) is 82.2 Å². The van der Waals surface area contributed by atoms with Gasteiger partial charge in [0.15, 0.2) is 0 Å². The van der Waals surface area contributed by atoms with Crippen LogP contribution in [-0.4, -0.2) is 23.6 Å². The molecule has 0 fully saturated rings. The Hall–Kier alpha value is -2.87. The summed E-state index contributed by atoms with van der Waals surface area (Å²) in [5.41, 5.74) is 1.33. The number of urea groups is 1. The number of halogens is 1. The molecule has 3 rings (SSSR count). The number of benzene rings is 2. The number of anilines is 2. The van der Waals surface area contributed by atoms with Gasteiger partial charge in [0.25, 0.3) is 5.91 Å². The topological polar surface area (TPSA) is 90.5 Å². The van der Waals surface area contributed by atoms with Crippen LogP contribution in [0.25, 0.3) is 0 Å². The van der Waals surface area contributed by atoms with Crippen LogP contribution in [0, 0.1) is 0 Å². The summed E-state index contributed by atoms with van der Waals surface area (Å²) >= 11 is 6.97. The normalized spacial score (nSPS) is 11.5. The Kier molecular flexibility index (Phi) is 6.65. The number of para-hydroxylation sites is 1. The number of nitrogens with one attached hydrogen (secondary N) is 3. The average Bonchev–Trinajstić information content (AvgIpc) is 3.15. The highest BCUT2D eigenvalue weighted by Gasteiger charge is 2.14. The summed E-state index contributed by atoms with van der Waals surface area (Å²) in [4.78, 5) is 24.7. The van der Waals surface area contributed by atoms with Crippen LogP contribution in [-0.2, 0) is 0 Å². The van der Waals surface area contributed by atoms with Crippen molar-refractivity contribution in [1.82, 2.24) is 5.32 Å². The van der Waals surface area contributed by atoms with E-state index in [1.54, 1.807) is 48.5 Å². The molecule has 0 bridgehead atoms. The number of amides is 3. The van der Waals surface area contributed by atoms with Crippen LogP contribution in [0.4, 0.5) is 15.5 Å². The monoisotopic (exact) mass is 415 g/mol. The molecule has 0 saturated heterocycles. The van der Waals surface area contributed by atoms with Gasteiger partial charge in [0.05, 0.1) is 16.0 Å². The number of carbonyl (C=O) groups excluding carboxylic acids is 2. The predicted molar refractivity (Wildman–Crippen MR) is 112 cm³/mol. The fourth-order valence-electron chi connectivity index (χ4n) is 2.40. The number of aliphatic hydroxyl groups is 1. The molecule has 4 N–H and O–H groups in total. The molecule has 144 valence electrons. The lowest BCUT2D eigenvalue weighted by atomic mass is 10.1. The van der Waals surface area contributed by atoms with Crippen LogP contribution in [0.5, 0.6) is 0 Å². The molecule has 28 heavy (non-hydrogen) atoms. The van der Waals surface area contributed by atoms with Gasteiger partial charge < -0.3 is 15.7 Å². The second-order valence-electron chi connectivity index (χ2n) is 5.89. The van der Waals surface area contributed by atoms with E-state index >= 15 is 0 Å². The van der Waals surface area contributed by atoms with Gasteiger partial charge in [0, 0.05) is 17.3 Å². The maximum atomic E-state index is 12.3. The number of hydrogen-bond acceptors (Lipinski definition) is 4. The van der Waals surface area contributed by atoms with Gasteiger partial charge in [-0.3, -0.25) is 10.1 Å². The maximum Gasteiger partial charge on any atom is 0.324 e. The zero-order valence-electron chi connectivity index (χ0n) is 14.7. The standard InChI is InChI=1S/C20H18ClN3O3S/c21-14-8-6-13(7-9-14)16(25)12-22-19(26)17-10-11-18(28-17)24-20(27)23-15-4-2-1-3-5-15/h1-11,16,25H,12H2,(H,22,26)(H2,23,24,27). The number of rotatable bonds is 6. The molecule has 1 heterocycles. The molecule has 1 atom stereocenters. The van der Waals surface area contributed by atoms with E-state index < -0.39 is 12.1 Å². The number of hydrogen-bond donors (Lipinski definition) is 4. The highest BCUT2D eigenvalue weighted by atomic mass is 35.5. The van der Waals surface area contributed by atoms with Crippen molar-refractivity contribution in [1.29, 1.82) is 0 Å². The Morgan fingerprint density at radius 2 is 1.68 bits per heavy atom. The summed E-state index contributed by atoms with van der Waals surface area (Å²) in [6.45, 7) is 0.0651. The van der Waals surface area contributed by atoms with Gasteiger partial charge in [0.2, 0.25) is 0 Å². The first-order valence-corrected chi connectivity index (χ1v) is 9.65. The van der Waals surface area contributed by atoms with E-state index in [4.69, 9.17) is 11.6 Å². The molecule has 2 aromatic carbocycles. The van der Waals surface area contributed by atoms with Crippen LogP contribution in [0.3, 0.4) is 0 Å². The quantitative estimate of drug-likeness (QED) is 0.477. The van der Waals surface area contributed by atoms with Gasteiger partial charge in [0.1, 0.15) is 0 Å². The van der Waals surface area contributed by atoms with Crippen molar-refractivity contribution in [3.8, 4) is 0 Å². The van der Waals surface area contributed by atoms with E-state index in [9.17, 15) is 14.7 Å². The summed E-state index contributed by atoms with van der Waals surface area (Å²) in [6, 6.07) is 18.7. The first-order valence-electron chi connectivity index (χ1n) is 8.46. The molecule has 0 aliphatic rings. The van der Waals surface area contributed by atoms with Gasteiger partial charge in [-0.25, -0.2) is 4.79 Å². The lowest BCUT2D eigenvalue weighted by Gasteiger charge is -2.11. The lowest BCUT2D eigenvalue weighted by Crippen LogP contribution is -2.27. The zero-order chi connectivity index (χ0) is 19.9. The summed E-state index contributed by atoms with van der Waals surface area (Å²) in [7, 11) is 0. The van der Waals surface area contributed by atoms with Gasteiger partial charge in [-0.05, 0) is 42.0 Å². The van der Waals surface area contributed by atoms with Crippen LogP contribution in [0.15, 0.2) is 66.7 Å². The number of carbonyl (C=O) groups is 2. The minimum absolute atomic E-state index is 0.0651. The molecule has 0 spiro atoms. The molecule has 1 aromatic heterocycles. The molecule has 0 saturated carbocycles. The van der Waals surface area contributed by atoms with Crippen molar-refractivity contribution in [2.45, 2.75) is 6.10 Å². The molecule has 8 heteroatoms. The van der Waals surface area contributed by atoms with E-state index in [2.05, 4.69) is 16.0 Å². The fourth-order valence-corrected chi connectivity index (χ4v) is 3.35. The molecule has 0 radical (unpaired) electrons. The van der Waals surface area contributed by atoms with Crippen molar-refractivity contribution in [3.63, 3.8) is 0 Å². The third kappa shape index (κ3) is 5.56. The lowest BCUT2D eigenvalue weighted by molar-refractivity contribution is 0.0920. The molecular weight excluding hydrogens is 398 g/mol. The second kappa shape index (κ2) is 9.36. The van der Waals surface area contributed by atoms with Gasteiger partial charge in [-0.15, -0.1) is 11.3 Å². The minimum atomic E-state index is -0.838. The smallest absolute Gasteiger partial charge is 0.324 e. The van der Waals surface area contributed by atoms with Crippen LogP contribution >= 0.6 is 22.9 Å². The highest BCUT2D eigenvalue weighted by molar-refractivity contribution is 7.18. The maximum absolute atomic E-state index is 12.3. The summed E-state index contributed by atoms with van der Waals surface area (Å²) in [5.74, 6) is -0.325. The molecule has 6 nitrogen and oxygen atoms in total. The van der Waals surface area contributed by atoms with Gasteiger partial charge in [-0.1, -0.05) is 41.9 Å². The van der Waals surface area contributed by atoms with Crippen LogP contribution < -0.4 is 16.0 Å². The van der Waals surface area contributed by atoms with Crippen molar-refractivity contribution >= 4 is 45.6 Å². The van der Waals surface area contributed by atoms with E-state index in [0.29, 0.717) is 26.2 Å². The van der Waals surface area contributed by atoms with Gasteiger partial charge in [-0.2, -0.15) is 0 Å². The van der Waals surface area contributed by atoms with Crippen molar-refractivity contribution in [2.75, 3.05) is 17.2 Å². The van der Waals surface area contributed by atoms with Gasteiger partial charge >= 0.3 is 6.03 Å². The third-order valence-corrected chi connectivity index (χ3v) is 5.06. The Morgan fingerprint density at radius 3 is 2.39 bits per heavy atom. The van der Waals surface area contributed by atoms with Crippen LogP contribution in [0.2, 0.25) is 5.02 Å². The fraction of sp³-hybridized carbons (Fsp3) is 0.100. The second-order valence-corrected chi connectivity index (χ2v) is 7.41. The minimum Gasteiger partial charge on any atom is -0.387 e. The van der Waals surface area contributed by atoms with E-state index in [1.165, 1.54) is 0 Å². The van der Waals surface area contributed by atoms with E-state index in [-0.39, 0.29) is 12.5 Å². The molecule has 0 aliphatic carbocycles. The zero-order valence-corrected chi connectivity index (χ0v) is 16.3. The summed E-state index contributed by atoms with van der Waals surface area (Å²) in [6.07, 6.45) is -0.838. The van der Waals surface area contributed by atoms with Crippen molar-refractivity contribution in [2.24, 2.45) is 0 Å². The SMILES string of the molecule is O=C(Nc1ccccc1)Nc1ccc(C(=O)NCC(O)c2ccc(Cl)cc2)s1. The van der Waals surface area contributed by atoms with E-state index in [1.807, 2.05) is 18.2 Å². The molecule has 3 amide bonds. The number of thiophene rings is 1. The molecular formula is C20H18ClN3O3S. The van der Waals surface area contributed by atoms with E-state index in [0.717, 1.165) is 11.3 Å². The third-order valence-electron chi connectivity index (χ3n) is 3.81. The molecule has 3 aromatic rings. The van der Waals surface area contributed by atoms with Crippen LogP contribution in [0.1, 0.15) is 21.3 Å². The Morgan fingerprint density at radius 1 is 0.964 bits per heavy atom. The Labute approximate surface area is 171 Å². The summed E-state index contributed by atoms with van der Waals surface area (Å²) in [5, 5.41) is 19.3. The summed E-state index contributed by atoms with van der Waals surface area (Å²) < 4.78 is 0. The predicted octanol–water partition coefficient (Wildman–Crippen LogP) is 4.51. The molecule has 0 aliphatic heterocycles. The average molecular weight is 416 g/mol.